The Morgan fingerprint density at radius 3 is 2.71 bits per heavy atom. The maximum atomic E-state index is 13.6. The number of aryl methyl sites for hydroxylation is 2. The van der Waals surface area contributed by atoms with E-state index in [1.165, 1.54) is 16.3 Å². The smallest absolute Gasteiger partial charge is 0.302 e. The maximum absolute atomic E-state index is 13.6. The SMILES string of the molecule is COc1cccc(-n2c(SCC(=O)Nc3ccc(C)cc3C)nc3c(oc4ccccc43)c2=O)c1. The molecule has 2 aromatic heterocycles. The Morgan fingerprint density at radius 2 is 1.91 bits per heavy atom. The van der Waals surface area contributed by atoms with Crippen LogP contribution in [-0.2, 0) is 4.79 Å². The van der Waals surface area contributed by atoms with Gasteiger partial charge in [0.1, 0.15) is 16.8 Å². The van der Waals surface area contributed by atoms with Crippen molar-refractivity contribution in [2.45, 2.75) is 19.0 Å². The summed E-state index contributed by atoms with van der Waals surface area (Å²) in [6, 6.07) is 20.4. The normalized spacial score (nSPS) is 11.2. The number of hydrogen-bond donors (Lipinski definition) is 1. The van der Waals surface area contributed by atoms with E-state index >= 15 is 0 Å². The molecule has 35 heavy (non-hydrogen) atoms. The number of rotatable bonds is 6. The van der Waals surface area contributed by atoms with Crippen molar-refractivity contribution in [3.63, 3.8) is 0 Å². The largest absolute Gasteiger partial charge is 0.497 e. The number of amides is 1. The van der Waals surface area contributed by atoms with E-state index in [9.17, 15) is 9.59 Å². The van der Waals surface area contributed by atoms with Crippen LogP contribution < -0.4 is 15.6 Å². The maximum Gasteiger partial charge on any atom is 0.302 e. The van der Waals surface area contributed by atoms with Crippen LogP contribution in [0.4, 0.5) is 5.69 Å². The molecule has 2 heterocycles. The van der Waals surface area contributed by atoms with Gasteiger partial charge in [0.2, 0.25) is 11.5 Å². The van der Waals surface area contributed by atoms with Crippen LogP contribution >= 0.6 is 11.8 Å². The molecule has 1 N–H and O–H groups in total. The van der Waals surface area contributed by atoms with Crippen molar-refractivity contribution in [3.05, 3.63) is 88.2 Å². The first-order valence-corrected chi connectivity index (χ1v) is 12.0. The number of para-hydroxylation sites is 1. The molecule has 0 atom stereocenters. The molecule has 8 heteroatoms. The van der Waals surface area contributed by atoms with Crippen molar-refractivity contribution in [1.82, 2.24) is 9.55 Å². The number of carbonyl (C=O) groups is 1. The van der Waals surface area contributed by atoms with Gasteiger partial charge in [-0.3, -0.25) is 14.2 Å². The molecule has 0 spiro atoms. The zero-order valence-corrected chi connectivity index (χ0v) is 20.3. The fourth-order valence-corrected chi connectivity index (χ4v) is 4.77. The molecule has 176 valence electrons. The van der Waals surface area contributed by atoms with Gasteiger partial charge in [0.15, 0.2) is 5.16 Å². The molecule has 0 bridgehead atoms. The summed E-state index contributed by atoms with van der Waals surface area (Å²) in [5.41, 5.74) is 4.32. The van der Waals surface area contributed by atoms with Crippen LogP contribution in [0.15, 0.2) is 81.1 Å². The Labute approximate surface area is 205 Å². The van der Waals surface area contributed by atoms with Gasteiger partial charge in [-0.2, -0.15) is 0 Å². The Hall–Kier alpha value is -4.04. The van der Waals surface area contributed by atoms with Crippen LogP contribution in [0, 0.1) is 13.8 Å². The Kier molecular flexibility index (Phi) is 6.05. The summed E-state index contributed by atoms with van der Waals surface area (Å²) in [6.45, 7) is 3.96. The van der Waals surface area contributed by atoms with E-state index in [0.29, 0.717) is 27.7 Å². The lowest BCUT2D eigenvalue weighted by Crippen LogP contribution is -2.22. The van der Waals surface area contributed by atoms with Crippen LogP contribution in [-0.4, -0.2) is 28.3 Å². The van der Waals surface area contributed by atoms with E-state index < -0.39 is 0 Å². The van der Waals surface area contributed by atoms with E-state index in [4.69, 9.17) is 14.1 Å². The Bertz CT molecular complexity index is 1640. The molecule has 0 saturated heterocycles. The lowest BCUT2D eigenvalue weighted by atomic mass is 10.1. The number of carbonyl (C=O) groups excluding carboxylic acids is 1. The summed E-state index contributed by atoms with van der Waals surface area (Å²) >= 11 is 1.19. The van der Waals surface area contributed by atoms with Crippen LogP contribution in [0.2, 0.25) is 0 Å². The summed E-state index contributed by atoms with van der Waals surface area (Å²) in [5.74, 6) is 0.485. The van der Waals surface area contributed by atoms with Crippen LogP contribution in [0.3, 0.4) is 0 Å². The number of hydrogen-bond acceptors (Lipinski definition) is 6. The molecule has 0 aliphatic carbocycles. The molecule has 0 saturated carbocycles. The van der Waals surface area contributed by atoms with Crippen molar-refractivity contribution in [1.29, 1.82) is 0 Å². The summed E-state index contributed by atoms with van der Waals surface area (Å²) < 4.78 is 12.7. The number of ether oxygens (including phenoxy) is 1. The number of fused-ring (bicyclic) bond motifs is 3. The fourth-order valence-electron chi connectivity index (χ4n) is 3.97. The fraction of sp³-hybridized carbons (Fsp3) is 0.148. The van der Waals surface area contributed by atoms with E-state index in [1.54, 1.807) is 37.4 Å². The van der Waals surface area contributed by atoms with Gasteiger partial charge in [0, 0.05) is 17.1 Å². The summed E-state index contributed by atoms with van der Waals surface area (Å²) in [7, 11) is 1.57. The number of nitrogens with one attached hydrogen (secondary N) is 1. The number of methoxy groups -OCH3 is 1. The molecule has 0 fully saturated rings. The van der Waals surface area contributed by atoms with Gasteiger partial charge < -0.3 is 14.5 Å². The van der Waals surface area contributed by atoms with Gasteiger partial charge in [-0.25, -0.2) is 4.98 Å². The van der Waals surface area contributed by atoms with E-state index in [0.717, 1.165) is 22.2 Å². The summed E-state index contributed by atoms with van der Waals surface area (Å²) in [6.07, 6.45) is 0. The van der Waals surface area contributed by atoms with Crippen LogP contribution in [0.5, 0.6) is 5.75 Å². The zero-order chi connectivity index (χ0) is 24.5. The highest BCUT2D eigenvalue weighted by atomic mass is 32.2. The molecular formula is C27H23N3O4S. The second kappa shape index (κ2) is 9.31. The van der Waals surface area contributed by atoms with E-state index in [2.05, 4.69) is 5.32 Å². The molecule has 0 aliphatic heterocycles. The van der Waals surface area contributed by atoms with Gasteiger partial charge >= 0.3 is 5.56 Å². The predicted molar refractivity (Wildman–Crippen MR) is 139 cm³/mol. The van der Waals surface area contributed by atoms with Crippen molar-refractivity contribution < 1.29 is 13.9 Å². The summed E-state index contributed by atoms with van der Waals surface area (Å²) in [5, 5.41) is 4.08. The average molecular weight is 486 g/mol. The standard InChI is InChI=1S/C27H23N3O4S/c1-16-11-12-21(17(2)13-16)28-23(31)15-35-27-29-24-20-9-4-5-10-22(20)34-25(24)26(32)30(27)18-7-6-8-19(14-18)33-3/h4-14H,15H2,1-3H3,(H,28,31). The minimum atomic E-state index is -0.350. The molecule has 0 radical (unpaired) electrons. The summed E-state index contributed by atoms with van der Waals surface area (Å²) in [4.78, 5) is 31.2. The van der Waals surface area contributed by atoms with Gasteiger partial charge in [0.25, 0.3) is 0 Å². The van der Waals surface area contributed by atoms with Gasteiger partial charge in [-0.1, -0.05) is 47.7 Å². The van der Waals surface area contributed by atoms with Gasteiger partial charge in [-0.15, -0.1) is 0 Å². The van der Waals surface area contributed by atoms with Crippen LogP contribution in [0.1, 0.15) is 11.1 Å². The molecular weight excluding hydrogens is 462 g/mol. The average Bonchev–Trinajstić information content (AvgIpc) is 3.23. The highest BCUT2D eigenvalue weighted by molar-refractivity contribution is 7.99. The topological polar surface area (TPSA) is 86.4 Å². The highest BCUT2D eigenvalue weighted by Crippen LogP contribution is 2.29. The molecule has 5 rings (SSSR count). The second-order valence-corrected chi connectivity index (χ2v) is 9.11. The van der Waals surface area contributed by atoms with Crippen molar-refractivity contribution >= 4 is 45.4 Å². The first-order valence-electron chi connectivity index (χ1n) is 11.0. The van der Waals surface area contributed by atoms with E-state index in [1.807, 2.05) is 50.2 Å². The Morgan fingerprint density at radius 1 is 1.09 bits per heavy atom. The predicted octanol–water partition coefficient (Wildman–Crippen LogP) is 5.49. The quantitative estimate of drug-likeness (QED) is 0.253. The number of thioether (sulfide) groups is 1. The highest BCUT2D eigenvalue weighted by Gasteiger charge is 2.20. The minimum absolute atomic E-state index is 0.0744. The molecule has 0 unspecified atom stereocenters. The molecule has 1 amide bonds. The third-order valence-corrected chi connectivity index (χ3v) is 6.60. The lowest BCUT2D eigenvalue weighted by molar-refractivity contribution is -0.113. The van der Waals surface area contributed by atoms with E-state index in [-0.39, 0.29) is 22.8 Å². The van der Waals surface area contributed by atoms with Crippen LogP contribution in [0.25, 0.3) is 27.8 Å². The molecule has 3 aromatic carbocycles. The first kappa shape index (κ1) is 22.7. The molecule has 0 aliphatic rings. The van der Waals surface area contributed by atoms with Crippen molar-refractivity contribution in [2.24, 2.45) is 0 Å². The molecule has 7 nitrogen and oxygen atoms in total. The van der Waals surface area contributed by atoms with Gasteiger partial charge in [-0.05, 0) is 49.7 Å². The number of furan rings is 1. The number of aromatic nitrogens is 2. The first-order chi connectivity index (χ1) is 16.9. The monoisotopic (exact) mass is 485 g/mol. The lowest BCUT2D eigenvalue weighted by Gasteiger charge is -2.13. The van der Waals surface area contributed by atoms with Gasteiger partial charge in [0.05, 0.1) is 18.6 Å². The third kappa shape index (κ3) is 4.40. The number of anilines is 1. The third-order valence-electron chi connectivity index (χ3n) is 5.67. The number of nitrogens with zero attached hydrogens (tertiary/aromatic N) is 2. The van der Waals surface area contributed by atoms with Crippen molar-refractivity contribution in [3.8, 4) is 11.4 Å². The number of benzene rings is 3. The Balaban J connectivity index is 1.56. The van der Waals surface area contributed by atoms with Crippen molar-refractivity contribution in [2.75, 3.05) is 18.2 Å². The zero-order valence-electron chi connectivity index (χ0n) is 19.5. The molecule has 5 aromatic rings. The second-order valence-electron chi connectivity index (χ2n) is 8.17. The minimum Gasteiger partial charge on any atom is -0.497 e.